The molecule has 0 fully saturated rings. The van der Waals surface area contributed by atoms with E-state index in [4.69, 9.17) is 9.97 Å². The molecule has 4 heteroatoms. The van der Waals surface area contributed by atoms with E-state index in [1.54, 1.807) is 11.3 Å². The molecule has 37 heavy (non-hydrogen) atoms. The Bertz CT molecular complexity index is 1940. The second-order valence-electron chi connectivity index (χ2n) is 9.72. The fourth-order valence-electron chi connectivity index (χ4n) is 5.56. The van der Waals surface area contributed by atoms with Gasteiger partial charge in [0.25, 0.3) is 0 Å². The quantitative estimate of drug-likeness (QED) is 0.245. The zero-order chi connectivity index (χ0) is 25.1. The molecule has 0 saturated heterocycles. The Labute approximate surface area is 219 Å². The maximum absolute atomic E-state index is 5.16. The predicted molar refractivity (Wildman–Crippen MR) is 157 cm³/mol. The summed E-state index contributed by atoms with van der Waals surface area (Å²) in [5.74, 6) is 0.951. The highest BCUT2D eigenvalue weighted by Crippen LogP contribution is 2.39. The summed E-state index contributed by atoms with van der Waals surface area (Å²) in [6, 6.07) is 32.3. The highest BCUT2D eigenvalue weighted by atomic mass is 32.1. The molecule has 7 aromatic rings. The van der Waals surface area contributed by atoms with Crippen LogP contribution in [-0.2, 0) is 0 Å². The van der Waals surface area contributed by atoms with E-state index in [1.165, 1.54) is 27.8 Å². The third-order valence-corrected chi connectivity index (χ3v) is 8.12. The van der Waals surface area contributed by atoms with Crippen LogP contribution in [0.1, 0.15) is 16.7 Å². The first kappa shape index (κ1) is 22.0. The van der Waals surface area contributed by atoms with Crippen LogP contribution in [0.5, 0.6) is 0 Å². The van der Waals surface area contributed by atoms with E-state index in [0.29, 0.717) is 0 Å². The van der Waals surface area contributed by atoms with Crippen molar-refractivity contribution in [3.63, 3.8) is 0 Å². The topological polar surface area (TPSA) is 30.7 Å². The minimum absolute atomic E-state index is 0.951. The Morgan fingerprint density at radius 1 is 0.703 bits per heavy atom. The monoisotopic (exact) mass is 495 g/mol. The molecule has 7 rings (SSSR count). The van der Waals surface area contributed by atoms with Crippen molar-refractivity contribution in [1.29, 1.82) is 0 Å². The largest absolute Gasteiger partial charge is 0.292 e. The van der Waals surface area contributed by atoms with Crippen LogP contribution >= 0.6 is 11.3 Å². The van der Waals surface area contributed by atoms with Crippen molar-refractivity contribution in [3.8, 4) is 28.2 Å². The number of fused-ring (bicyclic) bond motifs is 3. The minimum Gasteiger partial charge on any atom is -0.292 e. The van der Waals surface area contributed by atoms with Gasteiger partial charge in [-0.15, -0.1) is 11.3 Å². The number of imidazole rings is 1. The smallest absolute Gasteiger partial charge is 0.147 e. The van der Waals surface area contributed by atoms with Crippen molar-refractivity contribution < 1.29 is 0 Å². The number of hydrogen-bond acceptors (Lipinski definition) is 3. The van der Waals surface area contributed by atoms with Crippen molar-refractivity contribution >= 4 is 43.5 Å². The van der Waals surface area contributed by atoms with Crippen LogP contribution in [0, 0.1) is 20.8 Å². The second kappa shape index (κ2) is 8.39. The molecule has 0 N–H and O–H groups in total. The van der Waals surface area contributed by atoms with Crippen molar-refractivity contribution in [2.75, 3.05) is 0 Å². The summed E-state index contributed by atoms with van der Waals surface area (Å²) < 4.78 is 2.31. The average Bonchev–Trinajstić information content (AvgIpc) is 3.49. The number of benzene rings is 4. The second-order valence-corrected chi connectivity index (χ2v) is 10.6. The van der Waals surface area contributed by atoms with Crippen molar-refractivity contribution in [2.24, 2.45) is 0 Å². The number of aryl methyl sites for hydroxylation is 3. The van der Waals surface area contributed by atoms with Gasteiger partial charge in [-0.2, -0.15) is 0 Å². The van der Waals surface area contributed by atoms with Gasteiger partial charge in [-0.25, -0.2) is 9.97 Å². The number of pyridine rings is 1. The molecule has 0 saturated carbocycles. The van der Waals surface area contributed by atoms with E-state index in [1.807, 2.05) is 0 Å². The van der Waals surface area contributed by atoms with Gasteiger partial charge in [-0.1, -0.05) is 60.7 Å². The molecule has 0 radical (unpaired) electrons. The number of rotatable bonds is 3. The van der Waals surface area contributed by atoms with E-state index >= 15 is 0 Å². The normalized spacial score (nSPS) is 11.6. The van der Waals surface area contributed by atoms with Crippen LogP contribution in [0.25, 0.3) is 60.4 Å². The average molecular weight is 496 g/mol. The van der Waals surface area contributed by atoms with Crippen LogP contribution in [0.2, 0.25) is 0 Å². The summed E-state index contributed by atoms with van der Waals surface area (Å²) in [7, 11) is 0. The molecule has 0 unspecified atom stereocenters. The SMILES string of the molecule is Cc1cc(-n2c(-c3csc4nc5c(C)cccc5cc34)nc3ccccc32)cc(C)c1-c1ccccc1. The van der Waals surface area contributed by atoms with Crippen LogP contribution in [0.15, 0.2) is 96.4 Å². The van der Waals surface area contributed by atoms with Gasteiger partial charge >= 0.3 is 0 Å². The van der Waals surface area contributed by atoms with Crippen LogP contribution in [0.3, 0.4) is 0 Å². The summed E-state index contributed by atoms with van der Waals surface area (Å²) in [6.07, 6.45) is 0. The third-order valence-electron chi connectivity index (χ3n) is 7.23. The first-order chi connectivity index (χ1) is 18.1. The molecule has 0 amide bonds. The van der Waals surface area contributed by atoms with Crippen molar-refractivity contribution in [1.82, 2.24) is 14.5 Å². The number of aromatic nitrogens is 3. The zero-order valence-electron chi connectivity index (χ0n) is 21.0. The van der Waals surface area contributed by atoms with Gasteiger partial charge in [-0.3, -0.25) is 4.57 Å². The number of thiophene rings is 1. The standard InChI is InChI=1S/C33H25N3S/c1-20-10-9-13-24-18-26-27(19-37-33(26)35-31(20)24)32-34-28-14-7-8-15-29(28)36(32)25-16-21(2)30(22(3)17-25)23-11-5-4-6-12-23/h4-19H,1-3H3. The molecule has 0 spiro atoms. The summed E-state index contributed by atoms with van der Waals surface area (Å²) in [5.41, 5.74) is 11.7. The van der Waals surface area contributed by atoms with Crippen molar-refractivity contribution in [2.45, 2.75) is 20.8 Å². The van der Waals surface area contributed by atoms with Crippen LogP contribution in [-0.4, -0.2) is 14.5 Å². The molecular weight excluding hydrogens is 470 g/mol. The maximum Gasteiger partial charge on any atom is 0.147 e. The molecule has 3 heterocycles. The zero-order valence-corrected chi connectivity index (χ0v) is 21.8. The van der Waals surface area contributed by atoms with Gasteiger partial charge in [0.05, 0.1) is 16.6 Å². The van der Waals surface area contributed by atoms with E-state index in [9.17, 15) is 0 Å². The number of hydrogen-bond donors (Lipinski definition) is 0. The summed E-state index contributed by atoms with van der Waals surface area (Å²) in [4.78, 5) is 11.2. The molecule has 0 aliphatic carbocycles. The maximum atomic E-state index is 5.16. The lowest BCUT2D eigenvalue weighted by Crippen LogP contribution is -2.00. The number of para-hydroxylation sites is 3. The first-order valence-corrected chi connectivity index (χ1v) is 13.4. The fraction of sp³-hybridized carbons (Fsp3) is 0.0909. The van der Waals surface area contributed by atoms with E-state index in [2.05, 4.69) is 122 Å². The first-order valence-electron chi connectivity index (χ1n) is 12.5. The lowest BCUT2D eigenvalue weighted by Gasteiger charge is -2.16. The summed E-state index contributed by atoms with van der Waals surface area (Å²) in [6.45, 7) is 6.53. The third kappa shape index (κ3) is 3.48. The Kier molecular flexibility index (Phi) is 4.98. The van der Waals surface area contributed by atoms with E-state index < -0.39 is 0 Å². The molecule has 0 aliphatic heterocycles. The summed E-state index contributed by atoms with van der Waals surface area (Å²) >= 11 is 1.69. The fourth-order valence-corrected chi connectivity index (χ4v) is 6.46. The van der Waals surface area contributed by atoms with Gasteiger partial charge in [0, 0.05) is 27.4 Å². The van der Waals surface area contributed by atoms with E-state index in [-0.39, 0.29) is 0 Å². The Morgan fingerprint density at radius 2 is 1.46 bits per heavy atom. The van der Waals surface area contributed by atoms with Gasteiger partial charge in [0.1, 0.15) is 10.7 Å². The lowest BCUT2D eigenvalue weighted by atomic mass is 9.95. The lowest BCUT2D eigenvalue weighted by molar-refractivity contribution is 1.10. The Balaban J connectivity index is 1.49. The molecule has 0 atom stereocenters. The molecule has 4 aromatic carbocycles. The van der Waals surface area contributed by atoms with Gasteiger partial charge in [-0.05, 0) is 78.9 Å². The highest BCUT2D eigenvalue weighted by molar-refractivity contribution is 7.17. The molecule has 3 nitrogen and oxygen atoms in total. The molecule has 0 aliphatic rings. The molecular formula is C33H25N3S. The molecule has 0 bridgehead atoms. The molecule has 178 valence electrons. The Morgan fingerprint density at radius 3 is 2.27 bits per heavy atom. The Hall–Kier alpha value is -4.28. The van der Waals surface area contributed by atoms with Gasteiger partial charge < -0.3 is 0 Å². The van der Waals surface area contributed by atoms with Crippen LogP contribution in [0.4, 0.5) is 0 Å². The van der Waals surface area contributed by atoms with E-state index in [0.717, 1.165) is 49.2 Å². The molecule has 3 aromatic heterocycles. The number of nitrogens with zero attached hydrogens (tertiary/aromatic N) is 3. The van der Waals surface area contributed by atoms with Crippen LogP contribution < -0.4 is 0 Å². The van der Waals surface area contributed by atoms with Gasteiger partial charge in [0.15, 0.2) is 0 Å². The minimum atomic E-state index is 0.951. The highest BCUT2D eigenvalue weighted by Gasteiger charge is 2.20. The van der Waals surface area contributed by atoms with Crippen molar-refractivity contribution in [3.05, 3.63) is 113 Å². The predicted octanol–water partition coefficient (Wildman–Crippen LogP) is 9.05. The van der Waals surface area contributed by atoms with Gasteiger partial charge in [0.2, 0.25) is 0 Å². The summed E-state index contributed by atoms with van der Waals surface area (Å²) in [5, 5.41) is 4.52.